The third-order valence-electron chi connectivity index (χ3n) is 12.2. The van der Waals surface area contributed by atoms with E-state index < -0.39 is 8.07 Å². The van der Waals surface area contributed by atoms with Crippen LogP contribution in [0.15, 0.2) is 223 Å². The van der Waals surface area contributed by atoms with Gasteiger partial charge in [0.1, 0.15) is 11.2 Å². The van der Waals surface area contributed by atoms with E-state index in [0.717, 1.165) is 38.8 Å². The van der Waals surface area contributed by atoms with Gasteiger partial charge in [0.15, 0.2) is 8.07 Å². The first-order chi connectivity index (χ1) is 28.8. The average molecular weight is 757 g/mol. The number of furan rings is 1. The summed E-state index contributed by atoms with van der Waals surface area (Å²) in [4.78, 5) is 0. The highest BCUT2D eigenvalue weighted by Crippen LogP contribution is 2.38. The molecule has 0 aliphatic rings. The molecule has 3 heterocycles. The fraction of sp³-hybridized carbons (Fsp3) is 0. The normalized spacial score (nSPS) is 12.1. The van der Waals surface area contributed by atoms with E-state index in [1.165, 1.54) is 58.8 Å². The van der Waals surface area contributed by atoms with E-state index in [-0.39, 0.29) is 0 Å². The predicted molar refractivity (Wildman–Crippen MR) is 246 cm³/mol. The molecule has 0 spiro atoms. The third kappa shape index (κ3) is 4.67. The number of aromatic nitrogens is 2. The molecule has 0 bridgehead atoms. The number of hydrogen-bond donors (Lipinski definition) is 0. The molecule has 0 aliphatic heterocycles. The van der Waals surface area contributed by atoms with Crippen molar-refractivity contribution in [3.63, 3.8) is 0 Å². The van der Waals surface area contributed by atoms with Crippen molar-refractivity contribution in [3.8, 4) is 11.4 Å². The van der Waals surface area contributed by atoms with Crippen LogP contribution in [0.3, 0.4) is 0 Å². The zero-order valence-corrected chi connectivity index (χ0v) is 32.6. The van der Waals surface area contributed by atoms with Crippen LogP contribution in [0.25, 0.3) is 76.9 Å². The van der Waals surface area contributed by atoms with Crippen LogP contribution in [0.4, 0.5) is 0 Å². The van der Waals surface area contributed by atoms with Gasteiger partial charge in [-0.05, 0) is 75.3 Å². The Hall–Kier alpha value is -7.40. The van der Waals surface area contributed by atoms with Gasteiger partial charge in [0.2, 0.25) is 0 Å². The largest absolute Gasteiger partial charge is 0.456 e. The quantitative estimate of drug-likeness (QED) is 0.122. The second kappa shape index (κ2) is 12.8. The van der Waals surface area contributed by atoms with E-state index in [0.29, 0.717) is 0 Å². The maximum absolute atomic E-state index is 6.43. The van der Waals surface area contributed by atoms with Crippen molar-refractivity contribution in [1.82, 2.24) is 9.13 Å². The molecule has 58 heavy (non-hydrogen) atoms. The summed E-state index contributed by atoms with van der Waals surface area (Å²) in [6, 6.07) is 80.5. The number of rotatable bonds is 6. The Morgan fingerprint density at radius 3 is 1.57 bits per heavy atom. The molecule has 0 unspecified atom stereocenters. The second-order valence-electron chi connectivity index (χ2n) is 15.2. The average Bonchev–Trinajstić information content (AvgIpc) is 3.95. The van der Waals surface area contributed by atoms with Crippen molar-refractivity contribution in [2.45, 2.75) is 0 Å². The van der Waals surface area contributed by atoms with Gasteiger partial charge in [-0.25, -0.2) is 0 Å². The molecule has 3 nitrogen and oxygen atoms in total. The number of para-hydroxylation sites is 5. The third-order valence-corrected chi connectivity index (χ3v) is 17.0. The SMILES string of the molecule is c1ccc(-n2c3ccccc3c3cccc([Si](c4ccccc4)(c4ccccc4)c4cccc(-n5c6ccccc6c6cc7oc8ccccc8c7cc65)c4)c32)cc1. The molecule has 0 radical (unpaired) electrons. The highest BCUT2D eigenvalue weighted by molar-refractivity contribution is 7.20. The summed E-state index contributed by atoms with van der Waals surface area (Å²) in [6.07, 6.45) is 0. The minimum absolute atomic E-state index is 0.909. The Bertz CT molecular complexity index is 3470. The van der Waals surface area contributed by atoms with Crippen LogP contribution in [0.2, 0.25) is 0 Å². The van der Waals surface area contributed by atoms with Crippen LogP contribution in [-0.4, -0.2) is 17.2 Å². The fourth-order valence-corrected chi connectivity index (χ4v) is 14.8. The van der Waals surface area contributed by atoms with Crippen molar-refractivity contribution in [2.24, 2.45) is 0 Å². The maximum Gasteiger partial charge on any atom is 0.181 e. The fourth-order valence-electron chi connectivity index (χ4n) is 9.85. The standard InChI is InChI=1S/C54H36N2OSi/c1-4-18-37(19-5-1)56-49-31-14-10-26-42(49)45-29-17-33-53(54(45)56)58(39-21-6-2-7-22-39,40-23-8-3-9-24-40)41-25-16-20-38(34-41)55-48-30-13-11-27-43(48)46-36-52-47(35-50(46)55)44-28-12-15-32-51(44)57-52/h1-36H. The smallest absolute Gasteiger partial charge is 0.181 e. The topological polar surface area (TPSA) is 23.0 Å². The first-order valence-corrected chi connectivity index (χ1v) is 21.9. The highest BCUT2D eigenvalue weighted by Gasteiger charge is 2.44. The zero-order valence-electron chi connectivity index (χ0n) is 31.6. The second-order valence-corrected chi connectivity index (χ2v) is 19.0. The van der Waals surface area contributed by atoms with E-state index in [1.807, 2.05) is 6.07 Å². The molecule has 4 heteroatoms. The van der Waals surface area contributed by atoms with Gasteiger partial charge in [0.05, 0.1) is 22.1 Å². The first kappa shape index (κ1) is 32.8. The number of hydrogen-bond acceptors (Lipinski definition) is 1. The van der Waals surface area contributed by atoms with Crippen LogP contribution in [0.1, 0.15) is 0 Å². The Morgan fingerprint density at radius 1 is 0.310 bits per heavy atom. The lowest BCUT2D eigenvalue weighted by atomic mass is 10.1. The minimum Gasteiger partial charge on any atom is -0.456 e. The highest BCUT2D eigenvalue weighted by atomic mass is 28.3. The van der Waals surface area contributed by atoms with Gasteiger partial charge in [-0.2, -0.15) is 0 Å². The molecule has 0 saturated heterocycles. The summed E-state index contributed by atoms with van der Waals surface area (Å²) in [5.41, 5.74) is 8.90. The summed E-state index contributed by atoms with van der Waals surface area (Å²) in [5, 5.41) is 12.5. The van der Waals surface area contributed by atoms with Crippen LogP contribution >= 0.6 is 0 Å². The number of nitrogens with zero attached hydrogens (tertiary/aromatic N) is 2. The van der Waals surface area contributed by atoms with E-state index >= 15 is 0 Å². The predicted octanol–water partition coefficient (Wildman–Crippen LogP) is 11.2. The molecule has 12 aromatic rings. The van der Waals surface area contributed by atoms with Crippen LogP contribution < -0.4 is 20.7 Å². The molecule has 9 aromatic carbocycles. The van der Waals surface area contributed by atoms with Gasteiger partial charge in [-0.1, -0.05) is 164 Å². The van der Waals surface area contributed by atoms with Gasteiger partial charge in [0, 0.05) is 43.7 Å². The zero-order chi connectivity index (χ0) is 38.2. The summed E-state index contributed by atoms with van der Waals surface area (Å²) in [7, 11) is -3.09. The van der Waals surface area contributed by atoms with E-state index in [1.54, 1.807) is 0 Å². The van der Waals surface area contributed by atoms with Crippen LogP contribution in [-0.2, 0) is 0 Å². The van der Waals surface area contributed by atoms with Crippen molar-refractivity contribution >= 4 is 94.4 Å². The van der Waals surface area contributed by atoms with Gasteiger partial charge >= 0.3 is 0 Å². The molecular weight excluding hydrogens is 721 g/mol. The van der Waals surface area contributed by atoms with Gasteiger partial charge in [0.25, 0.3) is 0 Å². The molecule has 0 saturated carbocycles. The van der Waals surface area contributed by atoms with E-state index in [9.17, 15) is 0 Å². The molecule has 12 rings (SSSR count). The summed E-state index contributed by atoms with van der Waals surface area (Å²) in [5.74, 6) is 0. The minimum atomic E-state index is -3.09. The molecule has 0 N–H and O–H groups in total. The van der Waals surface area contributed by atoms with Gasteiger partial charge in [-0.15, -0.1) is 0 Å². The first-order valence-electron chi connectivity index (χ1n) is 19.9. The molecule has 0 atom stereocenters. The van der Waals surface area contributed by atoms with Crippen LogP contribution in [0, 0.1) is 0 Å². The number of fused-ring (bicyclic) bond motifs is 9. The summed E-state index contributed by atoms with van der Waals surface area (Å²) in [6.45, 7) is 0. The Labute approximate surface area is 336 Å². The molecule has 3 aromatic heterocycles. The molecule has 0 amide bonds. The Morgan fingerprint density at radius 2 is 0.845 bits per heavy atom. The van der Waals surface area contributed by atoms with Crippen LogP contribution in [0.5, 0.6) is 0 Å². The van der Waals surface area contributed by atoms with Crippen molar-refractivity contribution in [1.29, 1.82) is 0 Å². The van der Waals surface area contributed by atoms with Crippen molar-refractivity contribution in [2.75, 3.05) is 0 Å². The summed E-state index contributed by atoms with van der Waals surface area (Å²) < 4.78 is 11.4. The monoisotopic (exact) mass is 756 g/mol. The molecule has 0 fully saturated rings. The van der Waals surface area contributed by atoms with Crippen molar-refractivity contribution in [3.05, 3.63) is 218 Å². The lowest BCUT2D eigenvalue weighted by Crippen LogP contribution is -2.75. The molecule has 272 valence electrons. The Kier molecular flexibility index (Phi) is 7.25. The summed E-state index contributed by atoms with van der Waals surface area (Å²) >= 11 is 0. The van der Waals surface area contributed by atoms with Gasteiger partial charge in [-0.3, -0.25) is 0 Å². The van der Waals surface area contributed by atoms with E-state index in [4.69, 9.17) is 4.42 Å². The molecule has 0 aliphatic carbocycles. The van der Waals surface area contributed by atoms with Gasteiger partial charge < -0.3 is 13.6 Å². The molecular formula is C54H36N2OSi. The van der Waals surface area contributed by atoms with E-state index in [2.05, 4.69) is 221 Å². The maximum atomic E-state index is 6.43. The van der Waals surface area contributed by atoms with Crippen molar-refractivity contribution < 1.29 is 4.42 Å². The Balaban J connectivity index is 1.22. The lowest BCUT2D eigenvalue weighted by Gasteiger charge is -2.35. The number of benzene rings is 9. The lowest BCUT2D eigenvalue weighted by molar-refractivity contribution is 0.669.